The molecule has 96 valence electrons. The molecule has 2 N–H and O–H groups in total. The molecule has 6 nitrogen and oxygen atoms in total. The van der Waals surface area contributed by atoms with E-state index < -0.39 is 0 Å². The Morgan fingerprint density at radius 2 is 2.35 bits per heavy atom. The van der Waals surface area contributed by atoms with Crippen molar-refractivity contribution in [3.05, 3.63) is 5.89 Å². The van der Waals surface area contributed by atoms with Gasteiger partial charge in [-0.15, -0.1) is 5.10 Å². The van der Waals surface area contributed by atoms with Gasteiger partial charge >= 0.3 is 6.01 Å². The predicted octanol–water partition coefficient (Wildman–Crippen LogP) is 0.576. The van der Waals surface area contributed by atoms with Gasteiger partial charge < -0.3 is 19.8 Å². The molecule has 1 aromatic heterocycles. The first kappa shape index (κ1) is 12.3. The van der Waals surface area contributed by atoms with Gasteiger partial charge in [-0.1, -0.05) is 5.10 Å². The van der Waals surface area contributed by atoms with E-state index in [0.717, 1.165) is 25.9 Å². The first-order valence-corrected chi connectivity index (χ1v) is 5.99. The van der Waals surface area contributed by atoms with Crippen LogP contribution in [0.1, 0.15) is 25.7 Å². The fraction of sp³-hybridized carbons (Fsp3) is 0.818. The lowest BCUT2D eigenvalue weighted by molar-refractivity contribution is -0.00568. The SMILES string of the molecule is COC1(C)CCCN(c2nnc(CCN)o2)C1. The summed E-state index contributed by atoms with van der Waals surface area (Å²) in [7, 11) is 1.75. The molecule has 1 saturated heterocycles. The smallest absolute Gasteiger partial charge is 0.318 e. The van der Waals surface area contributed by atoms with E-state index in [1.807, 2.05) is 0 Å². The van der Waals surface area contributed by atoms with Crippen LogP contribution in [0.15, 0.2) is 4.42 Å². The largest absolute Gasteiger partial charge is 0.408 e. The molecule has 0 bridgehead atoms. The first-order valence-electron chi connectivity index (χ1n) is 5.99. The number of nitrogens with zero attached hydrogens (tertiary/aromatic N) is 3. The molecule has 6 heteroatoms. The molecule has 2 heterocycles. The number of hydrogen-bond donors (Lipinski definition) is 1. The van der Waals surface area contributed by atoms with Gasteiger partial charge in [-0.3, -0.25) is 0 Å². The van der Waals surface area contributed by atoms with E-state index in [1.165, 1.54) is 0 Å². The van der Waals surface area contributed by atoms with Crippen molar-refractivity contribution >= 4 is 6.01 Å². The molecule has 1 atom stereocenters. The highest BCUT2D eigenvalue weighted by atomic mass is 16.5. The van der Waals surface area contributed by atoms with Crippen molar-refractivity contribution in [2.24, 2.45) is 5.73 Å². The standard InChI is InChI=1S/C11H20N4O2/c1-11(16-2)5-3-7-15(8-11)10-14-13-9(17-10)4-6-12/h3-8,12H2,1-2H3. The average molecular weight is 240 g/mol. The van der Waals surface area contributed by atoms with Gasteiger partial charge in [-0.05, 0) is 19.8 Å². The topological polar surface area (TPSA) is 77.4 Å². The first-order chi connectivity index (χ1) is 8.17. The van der Waals surface area contributed by atoms with Crippen LogP contribution in [0.2, 0.25) is 0 Å². The van der Waals surface area contributed by atoms with E-state index in [-0.39, 0.29) is 5.60 Å². The van der Waals surface area contributed by atoms with Crippen LogP contribution in [-0.2, 0) is 11.2 Å². The Morgan fingerprint density at radius 3 is 3.06 bits per heavy atom. The Bertz CT molecular complexity index is 368. The van der Waals surface area contributed by atoms with Crippen LogP contribution in [-0.4, -0.2) is 42.5 Å². The maximum Gasteiger partial charge on any atom is 0.318 e. The minimum atomic E-state index is -0.124. The summed E-state index contributed by atoms with van der Waals surface area (Å²) >= 11 is 0. The highest BCUT2D eigenvalue weighted by molar-refractivity contribution is 5.26. The lowest BCUT2D eigenvalue weighted by Crippen LogP contribution is -2.47. The molecule has 1 aliphatic rings. The van der Waals surface area contributed by atoms with Gasteiger partial charge in [0, 0.05) is 26.6 Å². The van der Waals surface area contributed by atoms with Crippen molar-refractivity contribution in [3.63, 3.8) is 0 Å². The molecular formula is C11H20N4O2. The maximum absolute atomic E-state index is 5.57. The van der Waals surface area contributed by atoms with Gasteiger partial charge in [0.2, 0.25) is 5.89 Å². The van der Waals surface area contributed by atoms with Gasteiger partial charge in [-0.2, -0.15) is 0 Å². The second-order valence-electron chi connectivity index (χ2n) is 4.70. The molecule has 0 radical (unpaired) electrons. The lowest BCUT2D eigenvalue weighted by atomic mass is 9.95. The molecule has 0 spiro atoms. The molecule has 17 heavy (non-hydrogen) atoms. The molecule has 0 aromatic carbocycles. The highest BCUT2D eigenvalue weighted by Crippen LogP contribution is 2.27. The van der Waals surface area contributed by atoms with Crippen LogP contribution in [0.4, 0.5) is 6.01 Å². The lowest BCUT2D eigenvalue weighted by Gasteiger charge is -2.38. The third-order valence-electron chi connectivity index (χ3n) is 3.24. The van der Waals surface area contributed by atoms with E-state index in [9.17, 15) is 0 Å². The van der Waals surface area contributed by atoms with Crippen LogP contribution in [0.3, 0.4) is 0 Å². The van der Waals surface area contributed by atoms with Gasteiger partial charge in [0.05, 0.1) is 12.1 Å². The Morgan fingerprint density at radius 1 is 1.53 bits per heavy atom. The zero-order valence-electron chi connectivity index (χ0n) is 10.5. The molecular weight excluding hydrogens is 220 g/mol. The fourth-order valence-electron chi connectivity index (χ4n) is 2.13. The summed E-state index contributed by atoms with van der Waals surface area (Å²) in [5.74, 6) is 0.604. The zero-order valence-corrected chi connectivity index (χ0v) is 10.5. The van der Waals surface area contributed by atoms with E-state index in [0.29, 0.717) is 24.9 Å². The van der Waals surface area contributed by atoms with Gasteiger partial charge in [0.15, 0.2) is 0 Å². The van der Waals surface area contributed by atoms with Crippen LogP contribution < -0.4 is 10.6 Å². The zero-order chi connectivity index (χ0) is 12.3. The number of ether oxygens (including phenoxy) is 1. The van der Waals surface area contributed by atoms with E-state index in [1.54, 1.807) is 7.11 Å². The summed E-state index contributed by atoms with van der Waals surface area (Å²) < 4.78 is 11.1. The third kappa shape index (κ3) is 2.76. The van der Waals surface area contributed by atoms with E-state index in [2.05, 4.69) is 22.0 Å². The molecule has 1 unspecified atom stereocenters. The summed E-state index contributed by atoms with van der Waals surface area (Å²) in [5, 5.41) is 8.03. The van der Waals surface area contributed by atoms with E-state index in [4.69, 9.17) is 14.9 Å². The molecule has 0 amide bonds. The second kappa shape index (κ2) is 5.01. The minimum absolute atomic E-state index is 0.124. The Balaban J connectivity index is 2.05. The van der Waals surface area contributed by atoms with Gasteiger partial charge in [-0.25, -0.2) is 0 Å². The monoisotopic (exact) mass is 240 g/mol. The van der Waals surface area contributed by atoms with E-state index >= 15 is 0 Å². The Hall–Kier alpha value is -1.14. The second-order valence-corrected chi connectivity index (χ2v) is 4.70. The van der Waals surface area contributed by atoms with Gasteiger partial charge in [0.25, 0.3) is 0 Å². The van der Waals surface area contributed by atoms with Crippen molar-refractivity contribution < 1.29 is 9.15 Å². The van der Waals surface area contributed by atoms with Gasteiger partial charge in [0.1, 0.15) is 0 Å². The van der Waals surface area contributed by atoms with Crippen LogP contribution >= 0.6 is 0 Å². The number of anilines is 1. The molecule has 1 fully saturated rings. The number of methoxy groups -OCH3 is 1. The molecule has 1 aromatic rings. The Labute approximate surface area is 101 Å². The quantitative estimate of drug-likeness (QED) is 0.829. The summed E-state index contributed by atoms with van der Waals surface area (Å²) in [6.07, 6.45) is 2.76. The fourth-order valence-corrected chi connectivity index (χ4v) is 2.13. The molecule has 0 aliphatic carbocycles. The minimum Gasteiger partial charge on any atom is -0.408 e. The normalized spacial score (nSPS) is 25.2. The third-order valence-corrected chi connectivity index (χ3v) is 3.24. The van der Waals surface area contributed by atoms with Crippen molar-refractivity contribution in [1.29, 1.82) is 0 Å². The van der Waals surface area contributed by atoms with Crippen LogP contribution in [0.5, 0.6) is 0 Å². The molecule has 2 rings (SSSR count). The summed E-state index contributed by atoms with van der Waals surface area (Å²) in [6.45, 7) is 4.35. The number of rotatable bonds is 4. The molecule has 0 saturated carbocycles. The Kier molecular flexibility index (Phi) is 3.63. The maximum atomic E-state index is 5.57. The number of nitrogens with two attached hydrogens (primary N) is 1. The average Bonchev–Trinajstić information content (AvgIpc) is 2.78. The van der Waals surface area contributed by atoms with Crippen LogP contribution in [0, 0.1) is 0 Å². The summed E-state index contributed by atoms with van der Waals surface area (Å²) in [5.41, 5.74) is 5.33. The summed E-state index contributed by atoms with van der Waals surface area (Å²) in [4.78, 5) is 2.08. The highest BCUT2D eigenvalue weighted by Gasteiger charge is 2.32. The van der Waals surface area contributed by atoms with Crippen molar-refractivity contribution in [1.82, 2.24) is 10.2 Å². The number of hydrogen-bond acceptors (Lipinski definition) is 6. The van der Waals surface area contributed by atoms with Crippen molar-refractivity contribution in [3.8, 4) is 0 Å². The molecule has 1 aliphatic heterocycles. The van der Waals surface area contributed by atoms with Crippen molar-refractivity contribution in [2.75, 3.05) is 31.6 Å². The van der Waals surface area contributed by atoms with Crippen LogP contribution in [0.25, 0.3) is 0 Å². The number of aromatic nitrogens is 2. The number of piperidine rings is 1. The van der Waals surface area contributed by atoms with Crippen molar-refractivity contribution in [2.45, 2.75) is 31.8 Å². The predicted molar refractivity (Wildman–Crippen MR) is 63.9 cm³/mol. The summed E-state index contributed by atoms with van der Waals surface area (Å²) in [6, 6.07) is 0.580.